The Morgan fingerprint density at radius 2 is 1.76 bits per heavy atom. The molecule has 0 aliphatic carbocycles. The van der Waals surface area contributed by atoms with Gasteiger partial charge in [0.15, 0.2) is 0 Å². The van der Waals surface area contributed by atoms with Gasteiger partial charge in [-0.25, -0.2) is 4.39 Å². The van der Waals surface area contributed by atoms with E-state index < -0.39 is 11.7 Å². The van der Waals surface area contributed by atoms with Gasteiger partial charge in [0.1, 0.15) is 11.5 Å². The maximum absolute atomic E-state index is 13.5. The number of carbonyl (C=O) groups is 2. The quantitative estimate of drug-likeness (QED) is 0.866. The van der Waals surface area contributed by atoms with Gasteiger partial charge in [0, 0.05) is 12.2 Å². The second-order valence-electron chi connectivity index (χ2n) is 6.04. The van der Waals surface area contributed by atoms with Gasteiger partial charge in [0.05, 0.1) is 5.57 Å². The first-order valence-corrected chi connectivity index (χ1v) is 8.13. The van der Waals surface area contributed by atoms with Crippen LogP contribution < -0.4 is 5.32 Å². The normalized spacial score (nSPS) is 14.5. The van der Waals surface area contributed by atoms with Crippen LogP contribution in [0.2, 0.25) is 0 Å². The smallest absolute Gasteiger partial charge is 0.278 e. The van der Waals surface area contributed by atoms with E-state index in [1.165, 1.54) is 17.0 Å². The number of nitrogens with one attached hydrogen (secondary N) is 1. The summed E-state index contributed by atoms with van der Waals surface area (Å²) in [6, 6.07) is 11.5. The first-order chi connectivity index (χ1) is 11.9. The molecule has 0 saturated heterocycles. The highest BCUT2D eigenvalue weighted by Crippen LogP contribution is 2.31. The number of carbonyl (C=O) groups excluding carboxylic acids is 2. The first kappa shape index (κ1) is 16.9. The van der Waals surface area contributed by atoms with E-state index in [0.29, 0.717) is 16.8 Å². The fourth-order valence-electron chi connectivity index (χ4n) is 2.85. The predicted octanol–water partition coefficient (Wildman–Crippen LogP) is 3.65. The zero-order chi connectivity index (χ0) is 18.1. The predicted molar refractivity (Wildman–Crippen MR) is 95.3 cm³/mol. The summed E-state index contributed by atoms with van der Waals surface area (Å²) in [5.74, 6) is -1.15. The van der Waals surface area contributed by atoms with E-state index in [0.717, 1.165) is 11.1 Å². The summed E-state index contributed by atoms with van der Waals surface area (Å²) in [7, 11) is 0. The number of rotatable bonds is 4. The number of imide groups is 1. The molecule has 0 saturated carbocycles. The molecule has 1 aliphatic heterocycles. The molecule has 128 valence electrons. The van der Waals surface area contributed by atoms with Gasteiger partial charge in [0.25, 0.3) is 11.8 Å². The van der Waals surface area contributed by atoms with E-state index in [1.807, 2.05) is 32.0 Å². The summed E-state index contributed by atoms with van der Waals surface area (Å²) in [6.45, 7) is 5.97. The number of hydrogen-bond donors (Lipinski definition) is 1. The van der Waals surface area contributed by atoms with Gasteiger partial charge in [-0.1, -0.05) is 24.3 Å². The minimum absolute atomic E-state index is 0.181. The second-order valence-corrected chi connectivity index (χ2v) is 6.04. The second kappa shape index (κ2) is 6.51. The summed E-state index contributed by atoms with van der Waals surface area (Å²) >= 11 is 0. The van der Waals surface area contributed by atoms with Gasteiger partial charge in [-0.05, 0) is 55.7 Å². The van der Waals surface area contributed by atoms with Crippen LogP contribution in [0.25, 0.3) is 5.57 Å². The van der Waals surface area contributed by atoms with Gasteiger partial charge in [-0.15, -0.1) is 0 Å². The molecular weight excluding hydrogens is 319 g/mol. The van der Waals surface area contributed by atoms with Gasteiger partial charge in [-0.2, -0.15) is 0 Å². The Morgan fingerprint density at radius 1 is 1.00 bits per heavy atom. The molecule has 1 N–H and O–H groups in total. The van der Waals surface area contributed by atoms with Gasteiger partial charge in [0.2, 0.25) is 0 Å². The number of amides is 2. The summed E-state index contributed by atoms with van der Waals surface area (Å²) < 4.78 is 13.5. The van der Waals surface area contributed by atoms with Gasteiger partial charge >= 0.3 is 0 Å². The third-order valence-corrected chi connectivity index (χ3v) is 4.37. The number of aryl methyl sites for hydroxylation is 2. The minimum Gasteiger partial charge on any atom is -0.350 e. The summed E-state index contributed by atoms with van der Waals surface area (Å²) in [5, 5.41) is 2.94. The van der Waals surface area contributed by atoms with Crippen LogP contribution in [0, 0.1) is 19.7 Å². The Kier molecular flexibility index (Phi) is 4.40. The first-order valence-electron chi connectivity index (χ1n) is 8.13. The van der Waals surface area contributed by atoms with Crippen LogP contribution in [0.1, 0.15) is 23.6 Å². The van der Waals surface area contributed by atoms with Crippen molar-refractivity contribution in [2.45, 2.75) is 20.8 Å². The van der Waals surface area contributed by atoms with Crippen molar-refractivity contribution in [3.8, 4) is 0 Å². The lowest BCUT2D eigenvalue weighted by atomic mass is 9.99. The number of likely N-dealkylation sites (N-methyl/N-ethyl adjacent to an activating group) is 1. The van der Waals surface area contributed by atoms with Crippen LogP contribution in [-0.2, 0) is 9.59 Å². The molecule has 0 aromatic heterocycles. The monoisotopic (exact) mass is 338 g/mol. The molecule has 2 aromatic carbocycles. The van der Waals surface area contributed by atoms with Crippen LogP contribution in [0.5, 0.6) is 0 Å². The minimum atomic E-state index is -0.414. The molecule has 4 nitrogen and oxygen atoms in total. The van der Waals surface area contributed by atoms with E-state index in [9.17, 15) is 14.0 Å². The van der Waals surface area contributed by atoms with E-state index >= 15 is 0 Å². The summed E-state index contributed by atoms with van der Waals surface area (Å²) in [6.07, 6.45) is 0. The average molecular weight is 338 g/mol. The highest BCUT2D eigenvalue weighted by atomic mass is 19.1. The zero-order valence-corrected chi connectivity index (χ0v) is 14.4. The van der Waals surface area contributed by atoms with Crippen LogP contribution in [0.3, 0.4) is 0 Å². The Hall–Kier alpha value is -2.95. The van der Waals surface area contributed by atoms with Crippen molar-refractivity contribution >= 4 is 23.1 Å². The highest BCUT2D eigenvalue weighted by Gasteiger charge is 2.38. The van der Waals surface area contributed by atoms with E-state index in [2.05, 4.69) is 5.32 Å². The molecule has 2 aromatic rings. The lowest BCUT2D eigenvalue weighted by molar-refractivity contribution is -0.136. The van der Waals surface area contributed by atoms with Crippen LogP contribution in [0.15, 0.2) is 48.2 Å². The molecule has 2 amide bonds. The molecular formula is C20H19FN2O2. The lowest BCUT2D eigenvalue weighted by Gasteiger charge is -2.12. The molecule has 5 heteroatoms. The van der Waals surface area contributed by atoms with Crippen molar-refractivity contribution in [3.63, 3.8) is 0 Å². The Labute approximate surface area is 146 Å². The number of anilines is 1. The molecule has 0 bridgehead atoms. The lowest BCUT2D eigenvalue weighted by Crippen LogP contribution is -2.32. The molecule has 0 atom stereocenters. The Bertz CT molecular complexity index is 902. The number of halogens is 1. The third kappa shape index (κ3) is 3.05. The maximum atomic E-state index is 13.5. The van der Waals surface area contributed by atoms with Crippen molar-refractivity contribution in [1.82, 2.24) is 4.90 Å². The Morgan fingerprint density at radius 3 is 2.40 bits per heavy atom. The van der Waals surface area contributed by atoms with Crippen molar-refractivity contribution in [1.29, 1.82) is 0 Å². The maximum Gasteiger partial charge on any atom is 0.278 e. The van der Waals surface area contributed by atoms with Crippen LogP contribution in [0.4, 0.5) is 10.1 Å². The van der Waals surface area contributed by atoms with Crippen molar-refractivity contribution < 1.29 is 14.0 Å². The number of benzene rings is 2. The van der Waals surface area contributed by atoms with Crippen molar-refractivity contribution in [3.05, 3.63) is 70.7 Å². The molecule has 0 fully saturated rings. The SMILES string of the molecule is CCN1C(=O)C(Nc2cccc(F)c2)=C(c2ccc(C)c(C)c2)C1=O. The standard InChI is InChI=1S/C20H19FN2O2/c1-4-23-19(24)17(14-9-8-12(2)13(3)10-14)18(20(23)25)22-16-7-5-6-15(21)11-16/h5-11,22H,4H2,1-3H3. The zero-order valence-electron chi connectivity index (χ0n) is 14.4. The fraction of sp³-hybridized carbons (Fsp3) is 0.200. The topological polar surface area (TPSA) is 49.4 Å². The third-order valence-electron chi connectivity index (χ3n) is 4.37. The highest BCUT2D eigenvalue weighted by molar-refractivity contribution is 6.36. The molecule has 1 aliphatic rings. The fourth-order valence-corrected chi connectivity index (χ4v) is 2.85. The number of hydrogen-bond acceptors (Lipinski definition) is 3. The molecule has 1 heterocycles. The van der Waals surface area contributed by atoms with Gasteiger partial charge < -0.3 is 5.32 Å². The number of nitrogens with zero attached hydrogens (tertiary/aromatic N) is 1. The van der Waals surface area contributed by atoms with E-state index in [1.54, 1.807) is 19.1 Å². The summed E-state index contributed by atoms with van der Waals surface area (Å²) in [4.78, 5) is 26.6. The molecule has 0 spiro atoms. The van der Waals surface area contributed by atoms with Crippen LogP contribution >= 0.6 is 0 Å². The molecule has 0 radical (unpaired) electrons. The van der Waals surface area contributed by atoms with E-state index in [4.69, 9.17) is 0 Å². The largest absolute Gasteiger partial charge is 0.350 e. The van der Waals surface area contributed by atoms with Gasteiger partial charge in [-0.3, -0.25) is 14.5 Å². The molecule has 0 unspecified atom stereocenters. The Balaban J connectivity index is 2.12. The summed E-state index contributed by atoms with van der Waals surface area (Å²) in [5.41, 5.74) is 3.74. The van der Waals surface area contributed by atoms with E-state index in [-0.39, 0.29) is 18.1 Å². The average Bonchev–Trinajstić information content (AvgIpc) is 2.80. The molecule has 3 rings (SSSR count). The van der Waals surface area contributed by atoms with Crippen LogP contribution in [-0.4, -0.2) is 23.3 Å². The van der Waals surface area contributed by atoms with Crippen molar-refractivity contribution in [2.24, 2.45) is 0 Å². The molecule has 25 heavy (non-hydrogen) atoms. The van der Waals surface area contributed by atoms with Crippen molar-refractivity contribution in [2.75, 3.05) is 11.9 Å².